The van der Waals surface area contributed by atoms with Crippen LogP contribution >= 0.6 is 11.6 Å². The van der Waals surface area contributed by atoms with Gasteiger partial charge in [0, 0.05) is 5.56 Å². The van der Waals surface area contributed by atoms with E-state index in [1.165, 1.54) is 6.07 Å². The first kappa shape index (κ1) is 14.3. The van der Waals surface area contributed by atoms with Gasteiger partial charge in [0.1, 0.15) is 11.9 Å². The molecule has 3 nitrogen and oxygen atoms in total. The van der Waals surface area contributed by atoms with E-state index in [1.807, 2.05) is 0 Å². The fourth-order valence-corrected chi connectivity index (χ4v) is 2.08. The van der Waals surface area contributed by atoms with E-state index in [1.54, 1.807) is 19.1 Å². The standard InChI is InChI=1S/C14H17ClFNO2/c1-2-19-14(18)13(17-8-9-6-7-9)10-4-3-5-11(15)12(10)16/h3-5,9,13,17H,2,6-8H2,1H3. The van der Waals surface area contributed by atoms with E-state index in [0.717, 1.165) is 12.8 Å². The van der Waals surface area contributed by atoms with Crippen molar-refractivity contribution in [1.29, 1.82) is 0 Å². The van der Waals surface area contributed by atoms with Crippen molar-refractivity contribution in [1.82, 2.24) is 5.32 Å². The van der Waals surface area contributed by atoms with Crippen LogP contribution in [-0.2, 0) is 9.53 Å². The smallest absolute Gasteiger partial charge is 0.327 e. The Morgan fingerprint density at radius 3 is 2.95 bits per heavy atom. The first-order chi connectivity index (χ1) is 9.13. The van der Waals surface area contributed by atoms with E-state index >= 15 is 0 Å². The molecule has 2 rings (SSSR count). The average Bonchev–Trinajstić information content (AvgIpc) is 3.19. The quantitative estimate of drug-likeness (QED) is 0.816. The van der Waals surface area contributed by atoms with Crippen LogP contribution in [0.1, 0.15) is 31.4 Å². The van der Waals surface area contributed by atoms with E-state index in [2.05, 4.69) is 5.32 Å². The predicted molar refractivity (Wildman–Crippen MR) is 71.5 cm³/mol. The number of hydrogen-bond donors (Lipinski definition) is 1. The van der Waals surface area contributed by atoms with Gasteiger partial charge < -0.3 is 10.1 Å². The second-order valence-corrected chi connectivity index (χ2v) is 5.09. The van der Waals surface area contributed by atoms with Crippen molar-refractivity contribution < 1.29 is 13.9 Å². The lowest BCUT2D eigenvalue weighted by Crippen LogP contribution is -2.32. The Morgan fingerprint density at radius 1 is 1.58 bits per heavy atom. The van der Waals surface area contributed by atoms with E-state index < -0.39 is 17.8 Å². The topological polar surface area (TPSA) is 38.3 Å². The van der Waals surface area contributed by atoms with Crippen molar-refractivity contribution in [3.63, 3.8) is 0 Å². The molecule has 0 heterocycles. The summed E-state index contributed by atoms with van der Waals surface area (Å²) in [5.41, 5.74) is 0.242. The molecule has 0 aliphatic heterocycles. The fourth-order valence-electron chi connectivity index (χ4n) is 1.90. The van der Waals surface area contributed by atoms with Crippen LogP contribution in [0.3, 0.4) is 0 Å². The van der Waals surface area contributed by atoms with Crippen LogP contribution in [0.5, 0.6) is 0 Å². The summed E-state index contributed by atoms with van der Waals surface area (Å²) >= 11 is 5.76. The number of esters is 1. The number of carbonyl (C=O) groups excluding carboxylic acids is 1. The second-order valence-electron chi connectivity index (χ2n) is 4.68. The maximum absolute atomic E-state index is 14.0. The van der Waals surface area contributed by atoms with E-state index in [4.69, 9.17) is 16.3 Å². The monoisotopic (exact) mass is 285 g/mol. The zero-order chi connectivity index (χ0) is 13.8. The van der Waals surface area contributed by atoms with Crippen LogP contribution in [0, 0.1) is 11.7 Å². The van der Waals surface area contributed by atoms with E-state index in [9.17, 15) is 9.18 Å². The summed E-state index contributed by atoms with van der Waals surface area (Å²) in [6, 6.07) is 3.86. The molecule has 0 amide bonds. The molecule has 1 N–H and O–H groups in total. The zero-order valence-electron chi connectivity index (χ0n) is 10.8. The summed E-state index contributed by atoms with van der Waals surface area (Å²) in [6.07, 6.45) is 2.31. The maximum atomic E-state index is 14.0. The molecule has 1 atom stereocenters. The Kier molecular flexibility index (Phi) is 4.77. The molecule has 0 aromatic heterocycles. The van der Waals surface area contributed by atoms with Crippen molar-refractivity contribution in [3.8, 4) is 0 Å². The normalized spacial score (nSPS) is 16.2. The van der Waals surface area contributed by atoms with Crippen LogP contribution < -0.4 is 5.32 Å². The summed E-state index contributed by atoms with van der Waals surface area (Å²) in [5, 5.41) is 3.09. The van der Waals surface area contributed by atoms with E-state index in [0.29, 0.717) is 12.5 Å². The average molecular weight is 286 g/mol. The molecule has 5 heteroatoms. The van der Waals surface area contributed by atoms with Gasteiger partial charge in [-0.25, -0.2) is 9.18 Å². The van der Waals surface area contributed by atoms with Gasteiger partial charge in [0.2, 0.25) is 0 Å². The Morgan fingerprint density at radius 2 is 2.32 bits per heavy atom. The summed E-state index contributed by atoms with van der Waals surface area (Å²) in [7, 11) is 0. The Balaban J connectivity index is 2.18. The van der Waals surface area contributed by atoms with Gasteiger partial charge in [0.15, 0.2) is 0 Å². The summed E-state index contributed by atoms with van der Waals surface area (Å²) < 4.78 is 19.0. The third-order valence-electron chi connectivity index (χ3n) is 3.12. The molecule has 1 unspecified atom stereocenters. The van der Waals surface area contributed by atoms with Gasteiger partial charge in [0.25, 0.3) is 0 Å². The molecule has 1 aliphatic rings. The minimum Gasteiger partial charge on any atom is -0.465 e. The second kappa shape index (κ2) is 6.35. The number of carbonyl (C=O) groups is 1. The third kappa shape index (κ3) is 3.67. The molecule has 1 saturated carbocycles. The molecule has 104 valence electrons. The lowest BCUT2D eigenvalue weighted by atomic mass is 10.1. The molecule has 1 aliphatic carbocycles. The van der Waals surface area contributed by atoms with Gasteiger partial charge in [-0.15, -0.1) is 0 Å². The number of rotatable bonds is 6. The molecule has 1 aromatic rings. The van der Waals surface area contributed by atoms with Crippen molar-refractivity contribution in [2.24, 2.45) is 5.92 Å². The van der Waals surface area contributed by atoms with Crippen LogP contribution in [0.15, 0.2) is 18.2 Å². The minimum atomic E-state index is -0.792. The molecular weight excluding hydrogens is 269 g/mol. The van der Waals surface area contributed by atoms with Gasteiger partial charge >= 0.3 is 5.97 Å². The summed E-state index contributed by atoms with van der Waals surface area (Å²) in [6.45, 7) is 2.68. The zero-order valence-corrected chi connectivity index (χ0v) is 11.5. The first-order valence-corrected chi connectivity index (χ1v) is 6.85. The predicted octanol–water partition coefficient (Wildman–Crippen LogP) is 3.08. The maximum Gasteiger partial charge on any atom is 0.327 e. The molecule has 0 radical (unpaired) electrons. The Bertz CT molecular complexity index is 463. The largest absolute Gasteiger partial charge is 0.465 e. The molecule has 0 bridgehead atoms. The summed E-state index contributed by atoms with van der Waals surface area (Å²) in [4.78, 5) is 11.9. The number of hydrogen-bond acceptors (Lipinski definition) is 3. The van der Waals surface area contributed by atoms with Crippen LogP contribution in [0.25, 0.3) is 0 Å². The number of benzene rings is 1. The molecular formula is C14H17ClFNO2. The van der Waals surface area contributed by atoms with Crippen molar-refractivity contribution in [2.45, 2.75) is 25.8 Å². The van der Waals surface area contributed by atoms with Gasteiger partial charge in [-0.2, -0.15) is 0 Å². The lowest BCUT2D eigenvalue weighted by molar-refractivity contribution is -0.146. The van der Waals surface area contributed by atoms with E-state index in [-0.39, 0.29) is 17.2 Å². The highest BCUT2D eigenvalue weighted by atomic mass is 35.5. The van der Waals surface area contributed by atoms with Gasteiger partial charge in [-0.3, -0.25) is 0 Å². The minimum absolute atomic E-state index is 0.0139. The van der Waals surface area contributed by atoms with Crippen molar-refractivity contribution in [2.75, 3.05) is 13.2 Å². The highest BCUT2D eigenvalue weighted by Crippen LogP contribution is 2.30. The number of nitrogens with one attached hydrogen (secondary N) is 1. The molecule has 1 aromatic carbocycles. The van der Waals surface area contributed by atoms with Crippen molar-refractivity contribution in [3.05, 3.63) is 34.6 Å². The van der Waals surface area contributed by atoms with Crippen LogP contribution in [0.4, 0.5) is 4.39 Å². The third-order valence-corrected chi connectivity index (χ3v) is 3.41. The van der Waals surface area contributed by atoms with Crippen molar-refractivity contribution >= 4 is 17.6 Å². The Hall–Kier alpha value is -1.13. The SMILES string of the molecule is CCOC(=O)C(NCC1CC1)c1cccc(Cl)c1F. The van der Waals surface area contributed by atoms with Gasteiger partial charge in [-0.1, -0.05) is 23.7 Å². The highest BCUT2D eigenvalue weighted by molar-refractivity contribution is 6.30. The highest BCUT2D eigenvalue weighted by Gasteiger charge is 2.29. The lowest BCUT2D eigenvalue weighted by Gasteiger charge is -2.18. The molecule has 19 heavy (non-hydrogen) atoms. The first-order valence-electron chi connectivity index (χ1n) is 6.47. The Labute approximate surface area is 117 Å². The summed E-state index contributed by atoms with van der Waals surface area (Å²) in [5.74, 6) is -0.450. The molecule has 0 saturated heterocycles. The molecule has 1 fully saturated rings. The number of halogens is 2. The molecule has 0 spiro atoms. The van der Waals surface area contributed by atoms with Crippen LogP contribution in [0.2, 0.25) is 5.02 Å². The fraction of sp³-hybridized carbons (Fsp3) is 0.500. The number of ether oxygens (including phenoxy) is 1. The van der Waals surface area contributed by atoms with Gasteiger partial charge in [0.05, 0.1) is 11.6 Å². The van der Waals surface area contributed by atoms with Gasteiger partial charge in [-0.05, 0) is 38.3 Å². The van der Waals surface area contributed by atoms with Crippen LogP contribution in [-0.4, -0.2) is 19.1 Å².